The number of halogens is 3. The monoisotopic (exact) mass is 359 g/mol. The number of alkyl halides is 3. The summed E-state index contributed by atoms with van der Waals surface area (Å²) < 4.78 is 44.8. The predicted octanol–water partition coefficient (Wildman–Crippen LogP) is 4.49. The summed E-state index contributed by atoms with van der Waals surface area (Å²) in [6, 6.07) is 17.4. The van der Waals surface area contributed by atoms with Gasteiger partial charge in [-0.1, -0.05) is 42.5 Å². The van der Waals surface area contributed by atoms with Crippen molar-refractivity contribution >= 4 is 0 Å². The van der Waals surface area contributed by atoms with Crippen LogP contribution in [0.3, 0.4) is 0 Å². The molecule has 0 spiro atoms. The molecule has 134 valence electrons. The van der Waals surface area contributed by atoms with E-state index in [1.54, 1.807) is 12.3 Å². The molecule has 6 heteroatoms. The van der Waals surface area contributed by atoms with Crippen molar-refractivity contribution in [2.45, 2.75) is 19.3 Å². The zero-order chi connectivity index (χ0) is 18.6. The maximum atomic E-state index is 12.6. The second-order valence-electron chi connectivity index (χ2n) is 5.80. The van der Waals surface area contributed by atoms with E-state index < -0.39 is 11.7 Å². The lowest BCUT2D eigenvalue weighted by molar-refractivity contribution is -0.137. The molecular formula is C20H16F3NO2. The van der Waals surface area contributed by atoms with Crippen LogP contribution in [0.1, 0.15) is 16.7 Å². The first-order valence-corrected chi connectivity index (χ1v) is 7.95. The van der Waals surface area contributed by atoms with E-state index in [-0.39, 0.29) is 12.1 Å². The van der Waals surface area contributed by atoms with Crippen molar-refractivity contribution in [3.8, 4) is 5.75 Å². The highest BCUT2D eigenvalue weighted by atomic mass is 19.4. The third-order valence-electron chi connectivity index (χ3n) is 3.85. The Morgan fingerprint density at radius 1 is 0.885 bits per heavy atom. The van der Waals surface area contributed by atoms with Crippen LogP contribution >= 0.6 is 0 Å². The molecule has 0 aliphatic heterocycles. The molecule has 1 aromatic heterocycles. The molecule has 1 heterocycles. The zero-order valence-corrected chi connectivity index (χ0v) is 13.7. The van der Waals surface area contributed by atoms with Crippen molar-refractivity contribution in [3.63, 3.8) is 0 Å². The molecule has 3 aromatic rings. The van der Waals surface area contributed by atoms with E-state index >= 15 is 0 Å². The molecule has 0 fully saturated rings. The zero-order valence-electron chi connectivity index (χ0n) is 13.7. The number of benzene rings is 2. The van der Waals surface area contributed by atoms with Crippen LogP contribution in [0.2, 0.25) is 0 Å². The fourth-order valence-electron chi connectivity index (χ4n) is 2.45. The van der Waals surface area contributed by atoms with E-state index in [0.29, 0.717) is 17.9 Å². The molecule has 3 nitrogen and oxygen atoms in total. The Labute approximate surface area is 148 Å². The molecule has 0 N–H and O–H groups in total. The van der Waals surface area contributed by atoms with Crippen LogP contribution in [0.15, 0.2) is 77.7 Å². The normalized spacial score (nSPS) is 11.3. The minimum Gasteiger partial charge on any atom is -0.489 e. The van der Waals surface area contributed by atoms with Crippen molar-refractivity contribution in [3.05, 3.63) is 100.0 Å². The second kappa shape index (κ2) is 7.47. The molecular weight excluding hydrogens is 343 g/mol. The van der Waals surface area contributed by atoms with Gasteiger partial charge in [-0.3, -0.25) is 4.79 Å². The Balaban J connectivity index is 1.67. The van der Waals surface area contributed by atoms with Gasteiger partial charge in [0.15, 0.2) is 0 Å². The molecule has 0 bridgehead atoms. The molecule has 0 unspecified atom stereocenters. The van der Waals surface area contributed by atoms with E-state index in [1.165, 1.54) is 22.8 Å². The van der Waals surface area contributed by atoms with Gasteiger partial charge in [-0.05, 0) is 29.3 Å². The van der Waals surface area contributed by atoms with E-state index in [9.17, 15) is 18.0 Å². The molecule has 26 heavy (non-hydrogen) atoms. The maximum absolute atomic E-state index is 12.6. The Bertz CT molecular complexity index is 916. The SMILES string of the molecule is O=c1cc(OCc2ccccc2)ccn1Cc1ccc(C(F)(F)F)cc1. The lowest BCUT2D eigenvalue weighted by Gasteiger charge is -2.10. The van der Waals surface area contributed by atoms with E-state index in [4.69, 9.17) is 4.74 Å². The molecule has 0 saturated carbocycles. The number of aromatic nitrogens is 1. The van der Waals surface area contributed by atoms with E-state index in [2.05, 4.69) is 0 Å². The second-order valence-corrected chi connectivity index (χ2v) is 5.80. The van der Waals surface area contributed by atoms with Crippen LogP contribution in [-0.4, -0.2) is 4.57 Å². The first-order chi connectivity index (χ1) is 12.4. The summed E-state index contributed by atoms with van der Waals surface area (Å²) in [5.74, 6) is 0.447. The van der Waals surface area contributed by atoms with Crippen molar-refractivity contribution in [1.29, 1.82) is 0 Å². The molecule has 0 saturated heterocycles. The van der Waals surface area contributed by atoms with E-state index in [1.807, 2.05) is 30.3 Å². The smallest absolute Gasteiger partial charge is 0.416 e. The van der Waals surface area contributed by atoms with Crippen molar-refractivity contribution in [1.82, 2.24) is 4.57 Å². The Morgan fingerprint density at radius 2 is 1.58 bits per heavy atom. The van der Waals surface area contributed by atoms with Crippen LogP contribution in [0.4, 0.5) is 13.2 Å². The van der Waals surface area contributed by atoms with Gasteiger partial charge in [0.05, 0.1) is 12.1 Å². The molecule has 2 aromatic carbocycles. The van der Waals surface area contributed by atoms with Gasteiger partial charge in [0.2, 0.25) is 0 Å². The summed E-state index contributed by atoms with van der Waals surface area (Å²) in [5, 5.41) is 0. The van der Waals surface area contributed by atoms with Gasteiger partial charge in [0.1, 0.15) is 12.4 Å². The lowest BCUT2D eigenvalue weighted by atomic mass is 10.1. The summed E-state index contributed by atoms with van der Waals surface area (Å²) in [6.45, 7) is 0.541. The molecule has 0 amide bonds. The minimum atomic E-state index is -4.37. The summed E-state index contributed by atoms with van der Waals surface area (Å²) in [5.41, 5.74) is 0.605. The third kappa shape index (κ3) is 4.53. The van der Waals surface area contributed by atoms with Gasteiger partial charge in [-0.15, -0.1) is 0 Å². The van der Waals surface area contributed by atoms with Crippen LogP contribution in [0.5, 0.6) is 5.75 Å². The first-order valence-electron chi connectivity index (χ1n) is 7.95. The lowest BCUT2D eigenvalue weighted by Crippen LogP contribution is -2.19. The predicted molar refractivity (Wildman–Crippen MR) is 92.0 cm³/mol. The van der Waals surface area contributed by atoms with Crippen LogP contribution in [0, 0.1) is 0 Å². The van der Waals surface area contributed by atoms with Crippen molar-refractivity contribution < 1.29 is 17.9 Å². The summed E-state index contributed by atoms with van der Waals surface area (Å²) >= 11 is 0. The van der Waals surface area contributed by atoms with Crippen molar-refractivity contribution in [2.24, 2.45) is 0 Å². The molecule has 0 aliphatic carbocycles. The molecule has 0 radical (unpaired) electrons. The van der Waals surface area contributed by atoms with Crippen LogP contribution < -0.4 is 10.3 Å². The minimum absolute atomic E-state index is 0.190. The number of pyridine rings is 1. The van der Waals surface area contributed by atoms with Crippen molar-refractivity contribution in [2.75, 3.05) is 0 Å². The van der Waals surface area contributed by atoms with Gasteiger partial charge in [-0.2, -0.15) is 13.2 Å². The van der Waals surface area contributed by atoms with Gasteiger partial charge >= 0.3 is 6.18 Å². The highest BCUT2D eigenvalue weighted by Crippen LogP contribution is 2.29. The quantitative estimate of drug-likeness (QED) is 0.672. The number of hydrogen-bond acceptors (Lipinski definition) is 2. The largest absolute Gasteiger partial charge is 0.489 e. The van der Waals surface area contributed by atoms with Gasteiger partial charge < -0.3 is 9.30 Å². The topological polar surface area (TPSA) is 31.2 Å². The third-order valence-corrected chi connectivity index (χ3v) is 3.85. The van der Waals surface area contributed by atoms with Crippen LogP contribution in [-0.2, 0) is 19.3 Å². The summed E-state index contributed by atoms with van der Waals surface area (Å²) in [6.07, 6.45) is -2.80. The number of rotatable bonds is 5. The fourth-order valence-corrected chi connectivity index (χ4v) is 2.45. The number of nitrogens with zero attached hydrogens (tertiary/aromatic N) is 1. The summed E-state index contributed by atoms with van der Waals surface area (Å²) in [7, 11) is 0. The molecule has 0 atom stereocenters. The number of ether oxygens (including phenoxy) is 1. The maximum Gasteiger partial charge on any atom is 0.416 e. The number of hydrogen-bond donors (Lipinski definition) is 0. The Kier molecular flexibility index (Phi) is 5.11. The summed E-state index contributed by atoms with van der Waals surface area (Å²) in [4.78, 5) is 12.2. The molecule has 3 rings (SSSR count). The highest BCUT2D eigenvalue weighted by Gasteiger charge is 2.29. The molecule has 0 aliphatic rings. The van der Waals surface area contributed by atoms with Gasteiger partial charge in [0, 0.05) is 12.3 Å². The standard InChI is InChI=1S/C20H16F3NO2/c21-20(22,23)17-8-6-15(7-9-17)13-24-11-10-18(12-19(24)25)26-14-16-4-2-1-3-5-16/h1-12H,13-14H2. The average Bonchev–Trinajstić information content (AvgIpc) is 2.62. The highest BCUT2D eigenvalue weighted by molar-refractivity contribution is 5.26. The first kappa shape index (κ1) is 17.8. The Hall–Kier alpha value is -3.02. The van der Waals surface area contributed by atoms with Gasteiger partial charge in [-0.25, -0.2) is 0 Å². The fraction of sp³-hybridized carbons (Fsp3) is 0.150. The van der Waals surface area contributed by atoms with Crippen LogP contribution in [0.25, 0.3) is 0 Å². The van der Waals surface area contributed by atoms with E-state index in [0.717, 1.165) is 17.7 Å². The Morgan fingerprint density at radius 3 is 2.19 bits per heavy atom. The average molecular weight is 359 g/mol. The van der Waals surface area contributed by atoms with Gasteiger partial charge in [0.25, 0.3) is 5.56 Å².